The molecule has 3 nitrogen and oxygen atoms in total. The van der Waals surface area contributed by atoms with E-state index >= 15 is 0 Å². The summed E-state index contributed by atoms with van der Waals surface area (Å²) >= 11 is 0. The summed E-state index contributed by atoms with van der Waals surface area (Å²) in [6.07, 6.45) is 0. The van der Waals surface area contributed by atoms with Gasteiger partial charge in [0, 0.05) is 6.07 Å². The molecule has 4 heteroatoms. The van der Waals surface area contributed by atoms with Crippen molar-refractivity contribution in [1.82, 2.24) is 0 Å². The summed E-state index contributed by atoms with van der Waals surface area (Å²) in [6, 6.07) is 11.0. The first-order chi connectivity index (χ1) is 9.06. The molecule has 0 fully saturated rings. The van der Waals surface area contributed by atoms with E-state index in [1.165, 1.54) is 6.07 Å². The molecular weight excluding hydrogens is 247 g/mol. The molecule has 0 aliphatic heterocycles. The van der Waals surface area contributed by atoms with E-state index in [-0.39, 0.29) is 17.9 Å². The van der Waals surface area contributed by atoms with Crippen molar-refractivity contribution in [3.8, 4) is 5.75 Å². The number of carboxylic acids is 1. The van der Waals surface area contributed by atoms with Crippen molar-refractivity contribution in [2.45, 2.75) is 13.5 Å². The van der Waals surface area contributed by atoms with E-state index in [0.29, 0.717) is 0 Å². The Balaban J connectivity index is 2.16. The zero-order chi connectivity index (χ0) is 13.8. The van der Waals surface area contributed by atoms with Gasteiger partial charge in [0.05, 0.1) is 0 Å². The number of hydrogen-bond donors (Lipinski definition) is 1. The normalized spacial score (nSPS) is 10.2. The van der Waals surface area contributed by atoms with Crippen LogP contribution in [0.5, 0.6) is 5.75 Å². The number of benzene rings is 2. The van der Waals surface area contributed by atoms with E-state index in [9.17, 15) is 9.18 Å². The van der Waals surface area contributed by atoms with Gasteiger partial charge in [-0.15, -0.1) is 0 Å². The van der Waals surface area contributed by atoms with E-state index < -0.39 is 11.8 Å². The van der Waals surface area contributed by atoms with Crippen LogP contribution in [0.3, 0.4) is 0 Å². The second-order valence-corrected chi connectivity index (χ2v) is 4.22. The molecule has 98 valence electrons. The zero-order valence-corrected chi connectivity index (χ0v) is 10.4. The van der Waals surface area contributed by atoms with Gasteiger partial charge in [-0.1, -0.05) is 29.8 Å². The van der Waals surface area contributed by atoms with E-state index in [0.717, 1.165) is 23.3 Å². The van der Waals surface area contributed by atoms with Crippen LogP contribution in [0, 0.1) is 12.7 Å². The summed E-state index contributed by atoms with van der Waals surface area (Å²) in [4.78, 5) is 11.0. The first kappa shape index (κ1) is 13.1. The minimum Gasteiger partial charge on any atom is -0.488 e. The monoisotopic (exact) mass is 260 g/mol. The van der Waals surface area contributed by atoms with E-state index in [2.05, 4.69) is 0 Å². The van der Waals surface area contributed by atoms with E-state index in [4.69, 9.17) is 9.84 Å². The lowest BCUT2D eigenvalue weighted by Gasteiger charge is -2.09. The molecule has 0 saturated carbocycles. The van der Waals surface area contributed by atoms with E-state index in [1.807, 2.05) is 31.2 Å². The van der Waals surface area contributed by atoms with Gasteiger partial charge in [-0.2, -0.15) is 0 Å². The smallest absolute Gasteiger partial charge is 0.339 e. The van der Waals surface area contributed by atoms with Crippen molar-refractivity contribution < 1.29 is 19.0 Å². The molecule has 0 amide bonds. The first-order valence-corrected chi connectivity index (χ1v) is 5.77. The first-order valence-electron chi connectivity index (χ1n) is 5.77. The van der Waals surface area contributed by atoms with Crippen LogP contribution in [0.2, 0.25) is 0 Å². The Morgan fingerprint density at radius 1 is 1.21 bits per heavy atom. The number of aromatic carboxylic acids is 1. The van der Waals surface area contributed by atoms with Gasteiger partial charge in [0.2, 0.25) is 0 Å². The number of halogens is 1. The third kappa shape index (κ3) is 3.31. The Morgan fingerprint density at radius 2 is 1.89 bits per heavy atom. The average molecular weight is 260 g/mol. The highest BCUT2D eigenvalue weighted by atomic mass is 19.1. The minimum atomic E-state index is -1.14. The highest BCUT2D eigenvalue weighted by molar-refractivity contribution is 5.90. The van der Waals surface area contributed by atoms with Crippen LogP contribution in [0.15, 0.2) is 42.5 Å². The predicted molar refractivity (Wildman–Crippen MR) is 68.9 cm³/mol. The van der Waals surface area contributed by atoms with Crippen LogP contribution in [0.25, 0.3) is 0 Å². The van der Waals surface area contributed by atoms with Crippen LogP contribution < -0.4 is 4.74 Å². The molecule has 0 heterocycles. The molecular formula is C15H13FO3. The topological polar surface area (TPSA) is 46.5 Å². The lowest BCUT2D eigenvalue weighted by atomic mass is 10.1. The maximum atomic E-state index is 13.1. The molecule has 0 atom stereocenters. The summed E-state index contributed by atoms with van der Waals surface area (Å²) in [6.45, 7) is 2.17. The molecule has 1 N–H and O–H groups in total. The van der Waals surface area contributed by atoms with Gasteiger partial charge in [-0.25, -0.2) is 9.18 Å². The summed E-state index contributed by atoms with van der Waals surface area (Å²) in [5.41, 5.74) is 1.97. The quantitative estimate of drug-likeness (QED) is 0.916. The number of carbonyl (C=O) groups is 1. The van der Waals surface area contributed by atoms with Gasteiger partial charge >= 0.3 is 5.97 Å². The second kappa shape index (κ2) is 5.52. The van der Waals surface area contributed by atoms with Crippen molar-refractivity contribution in [2.24, 2.45) is 0 Å². The van der Waals surface area contributed by atoms with Gasteiger partial charge in [-0.3, -0.25) is 0 Å². The summed E-state index contributed by atoms with van der Waals surface area (Å²) in [5, 5.41) is 8.99. The van der Waals surface area contributed by atoms with Gasteiger partial charge in [0.25, 0.3) is 0 Å². The van der Waals surface area contributed by atoms with Crippen LogP contribution in [-0.2, 0) is 6.61 Å². The molecule has 0 aliphatic rings. The molecule has 2 aromatic carbocycles. The third-order valence-corrected chi connectivity index (χ3v) is 2.69. The molecule has 0 saturated heterocycles. The molecule has 0 radical (unpaired) electrons. The van der Waals surface area contributed by atoms with Crippen molar-refractivity contribution in [2.75, 3.05) is 0 Å². The third-order valence-electron chi connectivity index (χ3n) is 2.69. The predicted octanol–water partition coefficient (Wildman–Crippen LogP) is 3.41. The summed E-state index contributed by atoms with van der Waals surface area (Å²) < 4.78 is 18.5. The average Bonchev–Trinajstić information content (AvgIpc) is 2.38. The van der Waals surface area contributed by atoms with Crippen LogP contribution >= 0.6 is 0 Å². The summed E-state index contributed by atoms with van der Waals surface area (Å²) in [5.74, 6) is -1.63. The van der Waals surface area contributed by atoms with Gasteiger partial charge in [-0.05, 0) is 24.6 Å². The van der Waals surface area contributed by atoms with Gasteiger partial charge in [0.1, 0.15) is 23.7 Å². The fraction of sp³-hybridized carbons (Fsp3) is 0.133. The SMILES string of the molecule is Cc1ccc(COc2cc(F)ccc2C(=O)O)cc1. The molecule has 19 heavy (non-hydrogen) atoms. The van der Waals surface area contributed by atoms with Crippen molar-refractivity contribution in [1.29, 1.82) is 0 Å². The van der Waals surface area contributed by atoms with Gasteiger partial charge in [0.15, 0.2) is 0 Å². The van der Waals surface area contributed by atoms with Crippen LogP contribution in [0.1, 0.15) is 21.5 Å². The largest absolute Gasteiger partial charge is 0.488 e. The molecule has 0 unspecified atom stereocenters. The highest BCUT2D eigenvalue weighted by Gasteiger charge is 2.12. The molecule has 0 aliphatic carbocycles. The standard InChI is InChI=1S/C15H13FO3/c1-10-2-4-11(5-3-10)9-19-14-8-12(16)6-7-13(14)15(17)18/h2-8H,9H2,1H3,(H,17,18). The number of carboxylic acid groups (broad SMARTS) is 1. The molecule has 2 rings (SSSR count). The van der Waals surface area contributed by atoms with Crippen molar-refractivity contribution >= 4 is 5.97 Å². The van der Waals surface area contributed by atoms with Crippen molar-refractivity contribution in [3.05, 3.63) is 65.0 Å². The highest BCUT2D eigenvalue weighted by Crippen LogP contribution is 2.21. The Kier molecular flexibility index (Phi) is 3.80. The number of hydrogen-bond acceptors (Lipinski definition) is 2. The Morgan fingerprint density at radius 3 is 2.53 bits per heavy atom. The Bertz CT molecular complexity index is 591. The summed E-state index contributed by atoms with van der Waals surface area (Å²) in [7, 11) is 0. The Labute approximate surface area is 110 Å². The molecule has 0 bridgehead atoms. The molecule has 0 aromatic heterocycles. The van der Waals surface area contributed by atoms with Crippen LogP contribution in [0.4, 0.5) is 4.39 Å². The number of rotatable bonds is 4. The maximum absolute atomic E-state index is 13.1. The molecule has 2 aromatic rings. The second-order valence-electron chi connectivity index (χ2n) is 4.22. The van der Waals surface area contributed by atoms with Crippen molar-refractivity contribution in [3.63, 3.8) is 0 Å². The molecule has 0 spiro atoms. The number of ether oxygens (including phenoxy) is 1. The number of aryl methyl sites for hydroxylation is 1. The Hall–Kier alpha value is -2.36. The van der Waals surface area contributed by atoms with Crippen LogP contribution in [-0.4, -0.2) is 11.1 Å². The minimum absolute atomic E-state index is 0.0353. The fourth-order valence-electron chi connectivity index (χ4n) is 1.64. The van der Waals surface area contributed by atoms with E-state index in [1.54, 1.807) is 0 Å². The lowest BCUT2D eigenvalue weighted by Crippen LogP contribution is -2.04. The maximum Gasteiger partial charge on any atom is 0.339 e. The zero-order valence-electron chi connectivity index (χ0n) is 10.4. The van der Waals surface area contributed by atoms with Gasteiger partial charge < -0.3 is 9.84 Å². The lowest BCUT2D eigenvalue weighted by molar-refractivity contribution is 0.0691. The fourth-order valence-corrected chi connectivity index (χ4v) is 1.64.